The molecule has 3 aromatic carbocycles. The second-order valence-electron chi connectivity index (χ2n) is 5.92. The Kier molecular flexibility index (Phi) is 3.66. The van der Waals surface area contributed by atoms with Crippen molar-refractivity contribution in [1.29, 1.82) is 0 Å². The fourth-order valence-corrected chi connectivity index (χ4v) is 4.64. The van der Waals surface area contributed by atoms with Gasteiger partial charge < -0.3 is 5.21 Å². The van der Waals surface area contributed by atoms with E-state index >= 15 is 0 Å². The fraction of sp³-hybridized carbons (Fsp3) is 0.0500. The highest BCUT2D eigenvalue weighted by Gasteiger charge is 2.25. The van der Waals surface area contributed by atoms with Crippen LogP contribution in [-0.2, 0) is 15.6 Å². The van der Waals surface area contributed by atoms with Crippen molar-refractivity contribution < 1.29 is 13.1 Å². The average molecular weight is 349 g/mol. The number of rotatable bonds is 3. The van der Waals surface area contributed by atoms with Crippen molar-refractivity contribution in [3.05, 3.63) is 89.8 Å². The number of hydrogen-bond donors (Lipinski definition) is 0. The molecular formula is C20H15NO3S. The van der Waals surface area contributed by atoms with E-state index in [1.165, 1.54) is 18.3 Å². The molecule has 4 nitrogen and oxygen atoms in total. The van der Waals surface area contributed by atoms with E-state index in [1.807, 2.05) is 48.5 Å². The number of nitrogens with zero attached hydrogens (tertiary/aromatic N) is 1. The van der Waals surface area contributed by atoms with E-state index in [0.717, 1.165) is 27.1 Å². The van der Waals surface area contributed by atoms with Gasteiger partial charge in [0.05, 0.1) is 5.75 Å². The average Bonchev–Trinajstić information content (AvgIpc) is 2.61. The highest BCUT2D eigenvalue weighted by molar-refractivity contribution is 7.90. The summed E-state index contributed by atoms with van der Waals surface area (Å²) >= 11 is 0. The molecule has 0 unspecified atom stereocenters. The van der Waals surface area contributed by atoms with Crippen LogP contribution in [0.1, 0.15) is 5.56 Å². The smallest absolute Gasteiger partial charge is 0.308 e. The van der Waals surface area contributed by atoms with Crippen LogP contribution in [-0.4, -0.2) is 8.42 Å². The van der Waals surface area contributed by atoms with Crippen LogP contribution in [0.25, 0.3) is 21.5 Å². The molecule has 0 amide bonds. The van der Waals surface area contributed by atoms with E-state index in [4.69, 9.17) is 0 Å². The highest BCUT2D eigenvalue weighted by atomic mass is 32.2. The molecule has 0 fully saturated rings. The van der Waals surface area contributed by atoms with E-state index in [-0.39, 0.29) is 10.8 Å². The molecule has 0 radical (unpaired) electrons. The van der Waals surface area contributed by atoms with Crippen LogP contribution >= 0.6 is 0 Å². The monoisotopic (exact) mass is 349 g/mol. The van der Waals surface area contributed by atoms with Gasteiger partial charge >= 0.3 is 5.03 Å². The van der Waals surface area contributed by atoms with Crippen LogP contribution < -0.4 is 4.73 Å². The zero-order valence-electron chi connectivity index (χ0n) is 13.3. The molecule has 25 heavy (non-hydrogen) atoms. The third kappa shape index (κ3) is 2.72. The Morgan fingerprint density at radius 1 is 0.800 bits per heavy atom. The molecular weight excluding hydrogens is 334 g/mol. The van der Waals surface area contributed by atoms with Gasteiger partial charge in [-0.3, -0.25) is 0 Å². The molecule has 1 aromatic heterocycles. The van der Waals surface area contributed by atoms with Crippen LogP contribution in [0, 0.1) is 5.21 Å². The molecule has 0 saturated carbocycles. The Morgan fingerprint density at radius 3 is 1.96 bits per heavy atom. The molecule has 0 spiro atoms. The van der Waals surface area contributed by atoms with Gasteiger partial charge in [-0.25, -0.2) is 8.42 Å². The summed E-state index contributed by atoms with van der Waals surface area (Å²) in [6.07, 6.45) is 1.20. The van der Waals surface area contributed by atoms with Crippen LogP contribution in [0.15, 0.2) is 84.0 Å². The number of fused-ring (bicyclic) bond motifs is 2. The van der Waals surface area contributed by atoms with Gasteiger partial charge in [-0.05, 0) is 39.2 Å². The van der Waals surface area contributed by atoms with Gasteiger partial charge in [0.2, 0.25) is 9.84 Å². The molecule has 0 aliphatic carbocycles. The van der Waals surface area contributed by atoms with Crippen molar-refractivity contribution in [2.75, 3.05) is 0 Å². The fourth-order valence-electron chi connectivity index (χ4n) is 3.18. The van der Waals surface area contributed by atoms with Crippen molar-refractivity contribution in [2.45, 2.75) is 10.8 Å². The molecule has 4 aromatic rings. The summed E-state index contributed by atoms with van der Waals surface area (Å²) in [5.41, 5.74) is 0.720. The maximum Gasteiger partial charge on any atom is 0.308 e. The number of benzene rings is 3. The molecule has 0 N–H and O–H groups in total. The zero-order valence-corrected chi connectivity index (χ0v) is 14.1. The lowest BCUT2D eigenvalue weighted by Gasteiger charge is -2.12. The number of aromatic nitrogens is 1. The Hall–Kier alpha value is -2.92. The van der Waals surface area contributed by atoms with Crippen molar-refractivity contribution in [2.24, 2.45) is 0 Å². The van der Waals surface area contributed by atoms with Crippen molar-refractivity contribution in [1.82, 2.24) is 0 Å². The van der Waals surface area contributed by atoms with E-state index in [0.29, 0.717) is 4.73 Å². The van der Waals surface area contributed by atoms with E-state index in [2.05, 4.69) is 6.07 Å². The minimum Gasteiger partial charge on any atom is -0.618 e. The molecule has 0 saturated heterocycles. The van der Waals surface area contributed by atoms with Crippen molar-refractivity contribution in [3.8, 4) is 0 Å². The van der Waals surface area contributed by atoms with Gasteiger partial charge in [-0.1, -0.05) is 48.5 Å². The van der Waals surface area contributed by atoms with Crippen molar-refractivity contribution in [3.63, 3.8) is 0 Å². The summed E-state index contributed by atoms with van der Waals surface area (Å²) in [6.45, 7) is 0. The van der Waals surface area contributed by atoms with E-state index < -0.39 is 9.84 Å². The summed E-state index contributed by atoms with van der Waals surface area (Å²) in [5.74, 6) is -0.221. The molecule has 0 aliphatic heterocycles. The Balaban J connectivity index is 1.98. The standard InChI is InChI=1S/C20H15NO3S/c22-21-12-6-5-11-20(21)25(23,24)14-19-17-9-3-1-7-15(17)13-16-8-2-4-10-18(16)19/h1-13H,14H2. The molecule has 0 bridgehead atoms. The predicted molar refractivity (Wildman–Crippen MR) is 97.7 cm³/mol. The molecule has 0 atom stereocenters. The molecule has 0 aliphatic rings. The van der Waals surface area contributed by atoms with Gasteiger partial charge in [0.1, 0.15) is 0 Å². The largest absolute Gasteiger partial charge is 0.618 e. The minimum absolute atomic E-state index is 0.221. The summed E-state index contributed by atoms with van der Waals surface area (Å²) in [4.78, 5) is 0. The maximum atomic E-state index is 12.9. The lowest BCUT2D eigenvalue weighted by Crippen LogP contribution is -2.33. The molecule has 4 rings (SSSR count). The van der Waals surface area contributed by atoms with Gasteiger partial charge in [-0.2, -0.15) is 4.73 Å². The molecule has 1 heterocycles. The Bertz CT molecular complexity index is 1150. The first-order valence-electron chi connectivity index (χ1n) is 7.86. The summed E-state index contributed by atoms with van der Waals surface area (Å²) in [6, 6.07) is 21.9. The second-order valence-corrected chi connectivity index (χ2v) is 7.86. The van der Waals surface area contributed by atoms with Gasteiger partial charge in [0, 0.05) is 12.1 Å². The molecule has 124 valence electrons. The first-order chi connectivity index (χ1) is 12.1. The molecule has 5 heteroatoms. The highest BCUT2D eigenvalue weighted by Crippen LogP contribution is 2.30. The zero-order chi connectivity index (χ0) is 17.4. The normalized spacial score (nSPS) is 11.8. The van der Waals surface area contributed by atoms with Crippen LogP contribution in [0.3, 0.4) is 0 Å². The number of hydrogen-bond acceptors (Lipinski definition) is 3. The first-order valence-corrected chi connectivity index (χ1v) is 9.52. The van der Waals surface area contributed by atoms with Crippen LogP contribution in [0.5, 0.6) is 0 Å². The topological polar surface area (TPSA) is 61.1 Å². The van der Waals surface area contributed by atoms with Crippen molar-refractivity contribution >= 4 is 31.4 Å². The van der Waals surface area contributed by atoms with E-state index in [1.54, 1.807) is 6.07 Å². The summed E-state index contributed by atoms with van der Waals surface area (Å²) in [5, 5.41) is 15.4. The van der Waals surface area contributed by atoms with Gasteiger partial charge in [-0.15, -0.1) is 0 Å². The van der Waals surface area contributed by atoms with E-state index in [9.17, 15) is 13.6 Å². The van der Waals surface area contributed by atoms with Gasteiger partial charge in [0.25, 0.3) is 0 Å². The lowest BCUT2D eigenvalue weighted by molar-refractivity contribution is -0.646. The number of pyridine rings is 1. The lowest BCUT2D eigenvalue weighted by atomic mass is 9.98. The number of sulfone groups is 1. The predicted octanol–water partition coefficient (Wildman–Crippen LogP) is 3.60. The van der Waals surface area contributed by atoms with Crippen LogP contribution in [0.2, 0.25) is 0 Å². The Labute approximate surface area is 145 Å². The third-order valence-electron chi connectivity index (χ3n) is 4.32. The SMILES string of the molecule is O=S(=O)(Cc1c2ccccc2cc2ccccc12)c1cccc[n+]1[O-]. The summed E-state index contributed by atoms with van der Waals surface area (Å²) < 4.78 is 26.2. The van der Waals surface area contributed by atoms with Gasteiger partial charge in [0.15, 0.2) is 6.20 Å². The quantitative estimate of drug-likeness (QED) is 0.322. The maximum absolute atomic E-state index is 12.9. The second kappa shape index (κ2) is 5.86. The first kappa shape index (κ1) is 15.6. The van der Waals surface area contributed by atoms with Crippen LogP contribution in [0.4, 0.5) is 0 Å². The third-order valence-corrected chi connectivity index (χ3v) is 5.95. The minimum atomic E-state index is -3.78. The Morgan fingerprint density at radius 2 is 1.36 bits per heavy atom. The summed E-state index contributed by atoms with van der Waals surface area (Å²) in [7, 11) is -3.78.